The molecular weight excluding hydrogens is 164 g/mol. The van der Waals surface area contributed by atoms with Crippen LogP contribution in [0.4, 0.5) is 11.8 Å². The molecule has 0 aliphatic heterocycles. The molecule has 0 aromatic carbocycles. The third kappa shape index (κ3) is 2.89. The Kier molecular flexibility index (Phi) is 3.49. The lowest BCUT2D eigenvalue weighted by atomic mass is 10.2. The first kappa shape index (κ1) is 9.77. The topological polar surface area (TPSA) is 49.8 Å². The maximum atomic E-state index is 4.25. The second-order valence-electron chi connectivity index (χ2n) is 2.97. The molecule has 4 nitrogen and oxygen atoms in total. The highest BCUT2D eigenvalue weighted by Crippen LogP contribution is 2.07. The monoisotopic (exact) mass is 180 g/mol. The van der Waals surface area contributed by atoms with E-state index in [0.29, 0.717) is 12.0 Å². The molecule has 1 aromatic rings. The average Bonchev–Trinajstić information content (AvgIpc) is 2.18. The van der Waals surface area contributed by atoms with Crippen molar-refractivity contribution in [2.75, 3.05) is 17.7 Å². The van der Waals surface area contributed by atoms with Crippen molar-refractivity contribution in [1.29, 1.82) is 0 Å². The van der Waals surface area contributed by atoms with Crippen molar-refractivity contribution in [3.8, 4) is 0 Å². The molecule has 13 heavy (non-hydrogen) atoms. The molecule has 0 aliphatic carbocycles. The lowest BCUT2D eigenvalue weighted by Crippen LogP contribution is -2.14. The normalized spacial score (nSPS) is 12.2. The molecule has 1 heterocycles. The van der Waals surface area contributed by atoms with Crippen LogP contribution < -0.4 is 10.6 Å². The van der Waals surface area contributed by atoms with Gasteiger partial charge in [0.25, 0.3) is 0 Å². The summed E-state index contributed by atoms with van der Waals surface area (Å²) in [6.07, 6.45) is 2.82. The van der Waals surface area contributed by atoms with Crippen molar-refractivity contribution < 1.29 is 0 Å². The van der Waals surface area contributed by atoms with Crippen molar-refractivity contribution in [1.82, 2.24) is 9.97 Å². The number of hydrogen-bond acceptors (Lipinski definition) is 4. The van der Waals surface area contributed by atoms with Crippen LogP contribution >= 0.6 is 0 Å². The molecule has 1 aromatic heterocycles. The van der Waals surface area contributed by atoms with Crippen LogP contribution in [-0.2, 0) is 0 Å². The Morgan fingerprint density at radius 1 is 1.54 bits per heavy atom. The third-order valence-electron chi connectivity index (χ3n) is 1.89. The maximum Gasteiger partial charge on any atom is 0.224 e. The fourth-order valence-electron chi connectivity index (χ4n) is 0.914. The molecular formula is C9H16N4. The molecule has 0 bridgehead atoms. The van der Waals surface area contributed by atoms with Crippen LogP contribution in [0.1, 0.15) is 20.3 Å². The van der Waals surface area contributed by atoms with Gasteiger partial charge in [0.05, 0.1) is 0 Å². The first-order valence-electron chi connectivity index (χ1n) is 4.53. The van der Waals surface area contributed by atoms with E-state index in [4.69, 9.17) is 0 Å². The molecule has 1 unspecified atom stereocenters. The summed E-state index contributed by atoms with van der Waals surface area (Å²) in [7, 11) is 1.81. The molecule has 4 heteroatoms. The van der Waals surface area contributed by atoms with Gasteiger partial charge in [-0.3, -0.25) is 0 Å². The van der Waals surface area contributed by atoms with Gasteiger partial charge in [-0.1, -0.05) is 6.92 Å². The lowest BCUT2D eigenvalue weighted by Gasteiger charge is -2.11. The SMILES string of the molecule is CCC(C)Nc1ccnc(NC)n1. The summed E-state index contributed by atoms with van der Waals surface area (Å²) in [5.74, 6) is 1.52. The maximum absolute atomic E-state index is 4.25. The molecule has 0 saturated carbocycles. The largest absolute Gasteiger partial charge is 0.367 e. The fourth-order valence-corrected chi connectivity index (χ4v) is 0.914. The minimum absolute atomic E-state index is 0.444. The number of aromatic nitrogens is 2. The molecule has 72 valence electrons. The first-order valence-corrected chi connectivity index (χ1v) is 4.53. The highest BCUT2D eigenvalue weighted by molar-refractivity contribution is 5.39. The van der Waals surface area contributed by atoms with Crippen LogP contribution in [0, 0.1) is 0 Å². The Morgan fingerprint density at radius 3 is 2.92 bits per heavy atom. The van der Waals surface area contributed by atoms with E-state index in [0.717, 1.165) is 12.2 Å². The van der Waals surface area contributed by atoms with Crippen LogP contribution in [0.3, 0.4) is 0 Å². The molecule has 0 fully saturated rings. The van der Waals surface area contributed by atoms with Crippen molar-refractivity contribution in [3.63, 3.8) is 0 Å². The van der Waals surface area contributed by atoms with Gasteiger partial charge >= 0.3 is 0 Å². The van der Waals surface area contributed by atoms with Crippen LogP contribution in [0.5, 0.6) is 0 Å². The summed E-state index contributed by atoms with van der Waals surface area (Å²) >= 11 is 0. The third-order valence-corrected chi connectivity index (χ3v) is 1.89. The molecule has 0 spiro atoms. The number of nitrogens with one attached hydrogen (secondary N) is 2. The van der Waals surface area contributed by atoms with Gasteiger partial charge in [-0.15, -0.1) is 0 Å². The van der Waals surface area contributed by atoms with Gasteiger partial charge in [-0.2, -0.15) is 4.98 Å². The van der Waals surface area contributed by atoms with Crippen LogP contribution in [0.15, 0.2) is 12.3 Å². The van der Waals surface area contributed by atoms with E-state index < -0.39 is 0 Å². The molecule has 0 radical (unpaired) electrons. The number of anilines is 2. The highest BCUT2D eigenvalue weighted by atomic mass is 15.1. The van der Waals surface area contributed by atoms with Crippen molar-refractivity contribution >= 4 is 11.8 Å². The van der Waals surface area contributed by atoms with Gasteiger partial charge in [0.1, 0.15) is 5.82 Å². The average molecular weight is 180 g/mol. The Hall–Kier alpha value is -1.32. The van der Waals surface area contributed by atoms with Crippen LogP contribution in [-0.4, -0.2) is 23.1 Å². The zero-order chi connectivity index (χ0) is 9.68. The molecule has 0 saturated heterocycles. The highest BCUT2D eigenvalue weighted by Gasteiger charge is 2.00. The zero-order valence-corrected chi connectivity index (χ0v) is 8.33. The summed E-state index contributed by atoms with van der Waals surface area (Å²) < 4.78 is 0. The molecule has 1 rings (SSSR count). The van der Waals surface area contributed by atoms with Gasteiger partial charge < -0.3 is 10.6 Å². The van der Waals surface area contributed by atoms with E-state index >= 15 is 0 Å². The summed E-state index contributed by atoms with van der Waals surface area (Å²) in [6.45, 7) is 4.26. The summed E-state index contributed by atoms with van der Waals surface area (Å²) in [5.41, 5.74) is 0. The summed E-state index contributed by atoms with van der Waals surface area (Å²) in [5, 5.41) is 6.17. The molecule has 2 N–H and O–H groups in total. The Bertz CT molecular complexity index is 262. The van der Waals surface area contributed by atoms with Gasteiger partial charge in [0.2, 0.25) is 5.95 Å². The standard InChI is InChI=1S/C9H16N4/c1-4-7(2)12-8-5-6-11-9(10-3)13-8/h5-7H,4H2,1-3H3,(H2,10,11,12,13). The number of rotatable bonds is 4. The van der Waals surface area contributed by atoms with Gasteiger partial charge in [-0.05, 0) is 19.4 Å². The van der Waals surface area contributed by atoms with Crippen molar-refractivity contribution in [2.24, 2.45) is 0 Å². The smallest absolute Gasteiger partial charge is 0.224 e. The predicted molar refractivity (Wildman–Crippen MR) is 55.0 cm³/mol. The summed E-state index contributed by atoms with van der Waals surface area (Å²) in [4.78, 5) is 8.27. The number of nitrogens with zero attached hydrogens (tertiary/aromatic N) is 2. The summed E-state index contributed by atoms with van der Waals surface area (Å²) in [6, 6.07) is 2.31. The lowest BCUT2D eigenvalue weighted by molar-refractivity contribution is 0.758. The second kappa shape index (κ2) is 4.64. The van der Waals surface area contributed by atoms with E-state index in [1.165, 1.54) is 0 Å². The zero-order valence-electron chi connectivity index (χ0n) is 8.33. The Balaban J connectivity index is 2.66. The quantitative estimate of drug-likeness (QED) is 0.741. The Labute approximate surface area is 78.8 Å². The molecule has 0 aliphatic rings. The van der Waals surface area contributed by atoms with E-state index in [1.807, 2.05) is 13.1 Å². The van der Waals surface area contributed by atoms with Crippen molar-refractivity contribution in [3.05, 3.63) is 12.3 Å². The van der Waals surface area contributed by atoms with E-state index in [-0.39, 0.29) is 0 Å². The van der Waals surface area contributed by atoms with Crippen LogP contribution in [0.2, 0.25) is 0 Å². The fraction of sp³-hybridized carbons (Fsp3) is 0.556. The van der Waals surface area contributed by atoms with E-state index in [1.54, 1.807) is 6.20 Å². The van der Waals surface area contributed by atoms with Gasteiger partial charge in [-0.25, -0.2) is 4.98 Å². The van der Waals surface area contributed by atoms with Crippen molar-refractivity contribution in [2.45, 2.75) is 26.3 Å². The first-order chi connectivity index (χ1) is 6.26. The second-order valence-corrected chi connectivity index (χ2v) is 2.97. The Morgan fingerprint density at radius 2 is 2.31 bits per heavy atom. The van der Waals surface area contributed by atoms with Crippen LogP contribution in [0.25, 0.3) is 0 Å². The number of hydrogen-bond donors (Lipinski definition) is 2. The minimum atomic E-state index is 0.444. The van der Waals surface area contributed by atoms with Gasteiger partial charge in [0.15, 0.2) is 0 Å². The van der Waals surface area contributed by atoms with E-state index in [2.05, 4.69) is 34.4 Å². The minimum Gasteiger partial charge on any atom is -0.367 e. The molecule has 0 amide bonds. The predicted octanol–water partition coefficient (Wildman–Crippen LogP) is 1.73. The van der Waals surface area contributed by atoms with Gasteiger partial charge in [0, 0.05) is 19.3 Å². The van der Waals surface area contributed by atoms with E-state index in [9.17, 15) is 0 Å². The molecule has 1 atom stereocenters.